The maximum absolute atomic E-state index is 11.2. The number of esters is 1. The van der Waals surface area contributed by atoms with Gasteiger partial charge >= 0.3 is 11.9 Å². The van der Waals surface area contributed by atoms with Crippen LogP contribution in [0.3, 0.4) is 0 Å². The lowest BCUT2D eigenvalue weighted by Crippen LogP contribution is -2.23. The van der Waals surface area contributed by atoms with Crippen molar-refractivity contribution in [2.75, 3.05) is 6.61 Å². The zero-order valence-corrected chi connectivity index (χ0v) is 11.2. The lowest BCUT2D eigenvalue weighted by atomic mass is 9.99. The fraction of sp³-hybridized carbons (Fsp3) is 0.429. The van der Waals surface area contributed by atoms with E-state index in [0.717, 1.165) is 0 Å². The fourth-order valence-corrected chi connectivity index (χ4v) is 1.79. The van der Waals surface area contributed by atoms with Crippen LogP contribution in [0.15, 0.2) is 24.3 Å². The van der Waals surface area contributed by atoms with Gasteiger partial charge in [-0.1, -0.05) is 24.3 Å². The van der Waals surface area contributed by atoms with Crippen LogP contribution in [0.2, 0.25) is 0 Å². The number of aliphatic hydroxyl groups is 2. The smallest absolute Gasteiger partial charge is 0.308 e. The van der Waals surface area contributed by atoms with Crippen LogP contribution in [0.4, 0.5) is 0 Å². The first kappa shape index (κ1) is 16.1. The highest BCUT2D eigenvalue weighted by molar-refractivity contribution is 5.70. The van der Waals surface area contributed by atoms with Crippen LogP contribution in [0.1, 0.15) is 30.6 Å². The van der Waals surface area contributed by atoms with Gasteiger partial charge in [-0.25, -0.2) is 0 Å². The van der Waals surface area contributed by atoms with Crippen molar-refractivity contribution in [3.63, 3.8) is 0 Å². The maximum atomic E-state index is 11.2. The van der Waals surface area contributed by atoms with Crippen molar-refractivity contribution < 1.29 is 29.6 Å². The first-order valence-corrected chi connectivity index (χ1v) is 6.26. The largest absolute Gasteiger partial charge is 0.481 e. The van der Waals surface area contributed by atoms with Gasteiger partial charge in [0.25, 0.3) is 0 Å². The standard InChI is InChI=1S/C14H18O6/c1-2-20-13(18)8-11(15)14(19)10-5-3-4-9(6-10)7-12(16)17/h3-6,11,14-15,19H,2,7-8H2,1H3,(H,16,17). The molecule has 1 aromatic carbocycles. The summed E-state index contributed by atoms with van der Waals surface area (Å²) >= 11 is 0. The number of hydrogen-bond donors (Lipinski definition) is 3. The molecule has 1 rings (SSSR count). The molecule has 0 amide bonds. The van der Waals surface area contributed by atoms with Crippen LogP contribution in [0.25, 0.3) is 0 Å². The molecular formula is C14H18O6. The van der Waals surface area contributed by atoms with Gasteiger partial charge in [-0.15, -0.1) is 0 Å². The Morgan fingerprint density at radius 3 is 2.60 bits per heavy atom. The van der Waals surface area contributed by atoms with E-state index in [-0.39, 0.29) is 19.4 Å². The fourth-order valence-electron chi connectivity index (χ4n) is 1.79. The maximum Gasteiger partial charge on any atom is 0.308 e. The van der Waals surface area contributed by atoms with E-state index >= 15 is 0 Å². The molecular weight excluding hydrogens is 264 g/mol. The zero-order valence-electron chi connectivity index (χ0n) is 11.2. The Morgan fingerprint density at radius 1 is 1.30 bits per heavy atom. The van der Waals surface area contributed by atoms with E-state index in [1.807, 2.05) is 0 Å². The first-order valence-electron chi connectivity index (χ1n) is 6.26. The van der Waals surface area contributed by atoms with Crippen LogP contribution in [0, 0.1) is 0 Å². The van der Waals surface area contributed by atoms with Gasteiger partial charge < -0.3 is 20.1 Å². The summed E-state index contributed by atoms with van der Waals surface area (Å²) in [7, 11) is 0. The Kier molecular flexibility index (Phi) is 6.14. The van der Waals surface area contributed by atoms with Crippen molar-refractivity contribution in [1.82, 2.24) is 0 Å². The number of aliphatic hydroxyl groups excluding tert-OH is 2. The molecule has 110 valence electrons. The predicted molar refractivity (Wildman–Crippen MR) is 70.0 cm³/mol. The molecule has 0 aliphatic rings. The number of benzene rings is 1. The van der Waals surface area contributed by atoms with E-state index in [4.69, 9.17) is 5.11 Å². The number of hydrogen-bond acceptors (Lipinski definition) is 5. The van der Waals surface area contributed by atoms with E-state index < -0.39 is 24.1 Å². The van der Waals surface area contributed by atoms with E-state index in [0.29, 0.717) is 11.1 Å². The number of carbonyl (C=O) groups is 2. The molecule has 3 N–H and O–H groups in total. The number of aliphatic carboxylic acids is 1. The molecule has 6 heteroatoms. The minimum Gasteiger partial charge on any atom is -0.481 e. The molecule has 0 aliphatic heterocycles. The molecule has 0 aliphatic carbocycles. The van der Waals surface area contributed by atoms with Crippen molar-refractivity contribution in [2.45, 2.75) is 32.0 Å². The predicted octanol–water partition coefficient (Wildman–Crippen LogP) is 0.661. The van der Waals surface area contributed by atoms with Crippen LogP contribution in [-0.2, 0) is 20.7 Å². The van der Waals surface area contributed by atoms with Crippen LogP contribution >= 0.6 is 0 Å². The normalized spacial score (nSPS) is 13.6. The van der Waals surface area contributed by atoms with Crippen LogP contribution < -0.4 is 0 Å². The summed E-state index contributed by atoms with van der Waals surface area (Å²) in [6, 6.07) is 6.26. The van der Waals surface area contributed by atoms with Gasteiger partial charge in [0.1, 0.15) is 6.10 Å². The number of rotatable bonds is 7. The molecule has 0 bridgehead atoms. The topological polar surface area (TPSA) is 104 Å². The molecule has 0 spiro atoms. The number of carboxylic acid groups (broad SMARTS) is 1. The molecule has 0 aromatic heterocycles. The zero-order chi connectivity index (χ0) is 15.1. The second-order valence-corrected chi connectivity index (χ2v) is 4.34. The Morgan fingerprint density at radius 2 is 2.00 bits per heavy atom. The quantitative estimate of drug-likeness (QED) is 0.635. The molecule has 0 radical (unpaired) electrons. The van der Waals surface area contributed by atoms with Gasteiger partial charge in [0.15, 0.2) is 0 Å². The molecule has 6 nitrogen and oxygen atoms in total. The summed E-state index contributed by atoms with van der Waals surface area (Å²) in [5.74, 6) is -1.58. The molecule has 0 saturated heterocycles. The van der Waals surface area contributed by atoms with Gasteiger partial charge in [-0.2, -0.15) is 0 Å². The van der Waals surface area contributed by atoms with E-state index in [2.05, 4.69) is 4.74 Å². The Labute approximate surface area is 116 Å². The van der Waals surface area contributed by atoms with E-state index in [1.165, 1.54) is 6.07 Å². The SMILES string of the molecule is CCOC(=O)CC(O)C(O)c1cccc(CC(=O)O)c1. The second kappa shape index (κ2) is 7.62. The van der Waals surface area contributed by atoms with Crippen molar-refractivity contribution in [2.24, 2.45) is 0 Å². The second-order valence-electron chi connectivity index (χ2n) is 4.34. The highest BCUT2D eigenvalue weighted by Crippen LogP contribution is 2.20. The molecule has 0 heterocycles. The summed E-state index contributed by atoms with van der Waals surface area (Å²) in [4.78, 5) is 21.9. The summed E-state index contributed by atoms with van der Waals surface area (Å²) in [5, 5.41) is 28.4. The third-order valence-electron chi connectivity index (χ3n) is 2.69. The Hall–Kier alpha value is -1.92. The average Bonchev–Trinajstić information content (AvgIpc) is 2.37. The molecule has 20 heavy (non-hydrogen) atoms. The van der Waals surface area contributed by atoms with E-state index in [1.54, 1.807) is 25.1 Å². The van der Waals surface area contributed by atoms with Crippen LogP contribution in [0.5, 0.6) is 0 Å². The monoisotopic (exact) mass is 282 g/mol. The minimum atomic E-state index is -1.30. The van der Waals surface area contributed by atoms with Gasteiger partial charge in [0, 0.05) is 0 Å². The van der Waals surface area contributed by atoms with Crippen molar-refractivity contribution in [3.8, 4) is 0 Å². The highest BCUT2D eigenvalue weighted by atomic mass is 16.5. The average molecular weight is 282 g/mol. The minimum absolute atomic E-state index is 0.172. The van der Waals surface area contributed by atoms with Crippen LogP contribution in [-0.4, -0.2) is 40.0 Å². The number of carboxylic acids is 1. The first-order chi connectivity index (χ1) is 9.43. The summed E-state index contributed by atoms with van der Waals surface area (Å²) in [6.45, 7) is 1.85. The van der Waals surface area contributed by atoms with Gasteiger partial charge in [0.2, 0.25) is 0 Å². The molecule has 0 fully saturated rings. The third-order valence-corrected chi connectivity index (χ3v) is 2.69. The van der Waals surface area contributed by atoms with Gasteiger partial charge in [-0.3, -0.25) is 9.59 Å². The highest BCUT2D eigenvalue weighted by Gasteiger charge is 2.22. The van der Waals surface area contributed by atoms with Gasteiger partial charge in [0.05, 0.1) is 25.6 Å². The molecule has 2 atom stereocenters. The lowest BCUT2D eigenvalue weighted by molar-refractivity contribution is -0.147. The van der Waals surface area contributed by atoms with E-state index in [9.17, 15) is 19.8 Å². The Balaban J connectivity index is 2.73. The molecule has 1 aromatic rings. The summed E-state index contributed by atoms with van der Waals surface area (Å²) < 4.78 is 4.69. The Bertz CT molecular complexity index is 470. The summed E-state index contributed by atoms with van der Waals surface area (Å²) in [5.41, 5.74) is 0.873. The molecule has 2 unspecified atom stereocenters. The number of ether oxygens (including phenoxy) is 1. The van der Waals surface area contributed by atoms with Crippen molar-refractivity contribution in [1.29, 1.82) is 0 Å². The van der Waals surface area contributed by atoms with Crippen molar-refractivity contribution in [3.05, 3.63) is 35.4 Å². The third kappa shape index (κ3) is 4.99. The van der Waals surface area contributed by atoms with Gasteiger partial charge in [-0.05, 0) is 18.1 Å². The lowest BCUT2D eigenvalue weighted by Gasteiger charge is -2.18. The van der Waals surface area contributed by atoms with Crippen molar-refractivity contribution >= 4 is 11.9 Å². The molecule has 0 saturated carbocycles. The number of carbonyl (C=O) groups excluding carboxylic acids is 1. The summed E-state index contributed by atoms with van der Waals surface area (Å²) in [6.07, 6.45) is -3.06.